The van der Waals surface area contributed by atoms with Crippen LogP contribution in [0.15, 0.2) is 29.4 Å². The van der Waals surface area contributed by atoms with Crippen LogP contribution in [-0.2, 0) is 19.6 Å². The highest BCUT2D eigenvalue weighted by Crippen LogP contribution is 2.10. The highest BCUT2D eigenvalue weighted by atomic mass is 32.2. The van der Waals surface area contributed by atoms with Gasteiger partial charge in [0.25, 0.3) is 0 Å². The van der Waals surface area contributed by atoms with Gasteiger partial charge in [0.05, 0.1) is 12.7 Å². The molecule has 7 nitrogen and oxygen atoms in total. The molecule has 1 rings (SSSR count). The molecule has 1 aromatic heterocycles. The second kappa shape index (κ2) is 7.87. The van der Waals surface area contributed by atoms with Crippen molar-refractivity contribution >= 4 is 22.1 Å². The Morgan fingerprint density at radius 3 is 2.81 bits per heavy atom. The summed E-state index contributed by atoms with van der Waals surface area (Å²) in [6.07, 6.45) is 4.79. The van der Waals surface area contributed by atoms with E-state index in [1.54, 1.807) is 0 Å². The first kappa shape index (κ1) is 17.3. The number of carboxylic acid groups (broad SMARTS) is 1. The summed E-state index contributed by atoms with van der Waals surface area (Å²) in [4.78, 5) is 14.2. The Morgan fingerprint density at radius 1 is 1.48 bits per heavy atom. The number of sulfonamides is 1. The largest absolute Gasteiger partial charge is 0.478 e. The van der Waals surface area contributed by atoms with Crippen LogP contribution >= 0.6 is 0 Å². The molecule has 0 spiro atoms. The Kier molecular flexibility index (Phi) is 6.47. The summed E-state index contributed by atoms with van der Waals surface area (Å²) in [5.41, 5.74) is 0.388. The number of carbonyl (C=O) groups is 1. The van der Waals surface area contributed by atoms with Gasteiger partial charge in [-0.05, 0) is 31.6 Å². The molecule has 2 N–H and O–H groups in total. The number of carboxylic acids is 1. The van der Waals surface area contributed by atoms with Crippen LogP contribution in [0.2, 0.25) is 0 Å². The van der Waals surface area contributed by atoms with Crippen LogP contribution < -0.4 is 4.72 Å². The summed E-state index contributed by atoms with van der Waals surface area (Å²) < 4.78 is 31.7. The molecule has 0 amide bonds. The molecule has 0 bridgehead atoms. The van der Waals surface area contributed by atoms with Gasteiger partial charge in [-0.1, -0.05) is 0 Å². The minimum Gasteiger partial charge on any atom is -0.478 e. The summed E-state index contributed by atoms with van der Waals surface area (Å²) in [7, 11) is -3.69. The number of aromatic nitrogens is 1. The highest BCUT2D eigenvalue weighted by Gasteiger charge is 2.14. The average molecular weight is 314 g/mol. The molecule has 0 saturated carbocycles. The minimum absolute atomic E-state index is 0.0282. The number of pyridine rings is 1. The van der Waals surface area contributed by atoms with Gasteiger partial charge in [-0.15, -0.1) is 0 Å². The molecular weight excluding hydrogens is 296 g/mol. The van der Waals surface area contributed by atoms with E-state index in [1.807, 2.05) is 13.8 Å². The van der Waals surface area contributed by atoms with Gasteiger partial charge in [0.1, 0.15) is 4.90 Å². The lowest BCUT2D eigenvalue weighted by molar-refractivity contribution is -0.131. The number of nitrogens with zero attached hydrogens (tertiary/aromatic N) is 1. The number of nitrogens with one attached hydrogen (secondary N) is 1. The molecule has 0 aliphatic heterocycles. The fourth-order valence-electron chi connectivity index (χ4n) is 1.40. The Morgan fingerprint density at radius 2 is 2.19 bits per heavy atom. The van der Waals surface area contributed by atoms with Gasteiger partial charge < -0.3 is 9.84 Å². The van der Waals surface area contributed by atoms with Gasteiger partial charge in [0.15, 0.2) is 0 Å². The van der Waals surface area contributed by atoms with E-state index in [1.165, 1.54) is 24.5 Å². The molecule has 0 atom stereocenters. The summed E-state index contributed by atoms with van der Waals surface area (Å²) in [5, 5.41) is 8.54. The van der Waals surface area contributed by atoms with Crippen molar-refractivity contribution in [1.82, 2.24) is 9.71 Å². The zero-order valence-electron chi connectivity index (χ0n) is 11.8. The molecule has 116 valence electrons. The SMILES string of the molecule is CC(C)OCCNS(=O)(=O)c1cncc(/C=C/C(=O)O)c1. The van der Waals surface area contributed by atoms with Crippen LogP contribution in [0.3, 0.4) is 0 Å². The Bertz CT molecular complexity index is 611. The second-order valence-corrected chi connectivity index (χ2v) is 6.21. The summed E-state index contributed by atoms with van der Waals surface area (Å²) in [5.74, 6) is -1.12. The van der Waals surface area contributed by atoms with Crippen LogP contribution in [-0.4, -0.2) is 43.7 Å². The fraction of sp³-hybridized carbons (Fsp3) is 0.385. The van der Waals surface area contributed by atoms with Crippen molar-refractivity contribution < 1.29 is 23.1 Å². The van der Waals surface area contributed by atoms with E-state index in [0.29, 0.717) is 5.56 Å². The standard InChI is InChI=1S/C13H18N2O5S/c1-10(2)20-6-5-15-21(18,19)12-7-11(8-14-9-12)3-4-13(16)17/h3-4,7-10,15H,5-6H2,1-2H3,(H,16,17)/b4-3+. The van der Waals surface area contributed by atoms with Crippen LogP contribution in [0, 0.1) is 0 Å². The molecule has 0 aliphatic rings. The third-order valence-electron chi connectivity index (χ3n) is 2.31. The number of ether oxygens (including phenoxy) is 1. The van der Waals surface area contributed by atoms with Crippen LogP contribution in [0.1, 0.15) is 19.4 Å². The lowest BCUT2D eigenvalue weighted by Crippen LogP contribution is -2.28. The predicted octanol–water partition coefficient (Wildman–Crippen LogP) is 0.883. The van der Waals surface area contributed by atoms with Crippen molar-refractivity contribution in [1.29, 1.82) is 0 Å². The van der Waals surface area contributed by atoms with Crippen LogP contribution in [0.4, 0.5) is 0 Å². The van der Waals surface area contributed by atoms with E-state index in [9.17, 15) is 13.2 Å². The maximum absolute atomic E-state index is 12.0. The number of aliphatic carboxylic acids is 1. The van der Waals surface area contributed by atoms with Crippen molar-refractivity contribution in [2.75, 3.05) is 13.2 Å². The van der Waals surface area contributed by atoms with Gasteiger partial charge >= 0.3 is 5.97 Å². The van der Waals surface area contributed by atoms with Crippen molar-refractivity contribution in [3.05, 3.63) is 30.1 Å². The maximum Gasteiger partial charge on any atom is 0.328 e. The average Bonchev–Trinajstić information content (AvgIpc) is 2.41. The Hall–Kier alpha value is -1.77. The predicted molar refractivity (Wildman–Crippen MR) is 77.2 cm³/mol. The quantitative estimate of drug-likeness (QED) is 0.545. The van der Waals surface area contributed by atoms with E-state index in [4.69, 9.17) is 9.84 Å². The topological polar surface area (TPSA) is 106 Å². The first-order valence-corrected chi connectivity index (χ1v) is 7.77. The smallest absolute Gasteiger partial charge is 0.328 e. The van der Waals surface area contributed by atoms with Crippen LogP contribution in [0.25, 0.3) is 6.08 Å². The molecular formula is C13H18N2O5S. The first-order valence-electron chi connectivity index (χ1n) is 6.28. The third-order valence-corrected chi connectivity index (χ3v) is 3.74. The van der Waals surface area contributed by atoms with Crippen LogP contribution in [0.5, 0.6) is 0 Å². The summed E-state index contributed by atoms with van der Waals surface area (Å²) in [6, 6.07) is 1.35. The lowest BCUT2D eigenvalue weighted by Gasteiger charge is -2.09. The Balaban J connectivity index is 2.74. The molecule has 0 saturated heterocycles. The van der Waals surface area contributed by atoms with Gasteiger partial charge in [-0.25, -0.2) is 17.9 Å². The fourth-order valence-corrected chi connectivity index (χ4v) is 2.40. The monoisotopic (exact) mass is 314 g/mol. The number of hydrogen-bond acceptors (Lipinski definition) is 5. The first-order chi connectivity index (χ1) is 9.81. The zero-order chi connectivity index (χ0) is 15.9. The maximum atomic E-state index is 12.0. The van der Waals surface area contributed by atoms with E-state index >= 15 is 0 Å². The molecule has 0 aliphatic carbocycles. The molecule has 0 radical (unpaired) electrons. The summed E-state index contributed by atoms with van der Waals surface area (Å²) >= 11 is 0. The highest BCUT2D eigenvalue weighted by molar-refractivity contribution is 7.89. The van der Waals surface area contributed by atoms with Gasteiger partial charge in [0.2, 0.25) is 10.0 Å². The van der Waals surface area contributed by atoms with Crippen molar-refractivity contribution in [2.24, 2.45) is 0 Å². The van der Waals surface area contributed by atoms with E-state index in [-0.39, 0.29) is 24.2 Å². The Labute approximate surface area is 123 Å². The van der Waals surface area contributed by atoms with Gasteiger partial charge in [0, 0.05) is 25.0 Å². The van der Waals surface area contributed by atoms with Crippen molar-refractivity contribution in [3.63, 3.8) is 0 Å². The minimum atomic E-state index is -3.69. The zero-order valence-corrected chi connectivity index (χ0v) is 12.6. The molecule has 1 aromatic rings. The summed E-state index contributed by atoms with van der Waals surface area (Å²) in [6.45, 7) is 4.13. The number of rotatable bonds is 8. The molecule has 0 aromatic carbocycles. The van der Waals surface area contributed by atoms with Gasteiger partial charge in [-0.2, -0.15) is 0 Å². The van der Waals surface area contributed by atoms with E-state index < -0.39 is 16.0 Å². The molecule has 8 heteroatoms. The van der Waals surface area contributed by atoms with E-state index in [2.05, 4.69) is 9.71 Å². The number of hydrogen-bond donors (Lipinski definition) is 2. The lowest BCUT2D eigenvalue weighted by atomic mass is 10.2. The normalized spacial score (nSPS) is 12.1. The molecule has 0 fully saturated rings. The van der Waals surface area contributed by atoms with E-state index in [0.717, 1.165) is 6.08 Å². The molecule has 21 heavy (non-hydrogen) atoms. The second-order valence-electron chi connectivity index (χ2n) is 4.44. The molecule has 1 heterocycles. The van der Waals surface area contributed by atoms with Gasteiger partial charge in [-0.3, -0.25) is 4.98 Å². The van der Waals surface area contributed by atoms with Crippen molar-refractivity contribution in [3.8, 4) is 0 Å². The molecule has 0 unspecified atom stereocenters. The van der Waals surface area contributed by atoms with Crippen molar-refractivity contribution in [2.45, 2.75) is 24.8 Å². The third kappa shape index (κ3) is 6.48.